The zero-order valence-electron chi connectivity index (χ0n) is 9.75. The van der Waals surface area contributed by atoms with Crippen molar-refractivity contribution in [1.29, 1.82) is 0 Å². The lowest BCUT2D eigenvalue weighted by Crippen LogP contribution is -2.43. The van der Waals surface area contributed by atoms with Gasteiger partial charge in [-0.15, -0.1) is 0 Å². The third kappa shape index (κ3) is 2.27. The lowest BCUT2D eigenvalue weighted by Gasteiger charge is -2.30. The molecule has 0 fully saturated rings. The molecular weight excluding hydrogens is 247 g/mol. The van der Waals surface area contributed by atoms with Gasteiger partial charge in [0.05, 0.1) is 7.11 Å². The molecular formula is C12H12F3NO2. The van der Waals surface area contributed by atoms with Crippen molar-refractivity contribution < 1.29 is 22.7 Å². The van der Waals surface area contributed by atoms with Crippen LogP contribution in [0.4, 0.5) is 18.9 Å². The number of hydrogen-bond acceptors (Lipinski definition) is 2. The highest BCUT2D eigenvalue weighted by Gasteiger charge is 2.43. The molecule has 0 N–H and O–H groups in total. The van der Waals surface area contributed by atoms with Crippen LogP contribution >= 0.6 is 0 Å². The molecule has 6 heteroatoms. The van der Waals surface area contributed by atoms with Crippen molar-refractivity contribution in [3.63, 3.8) is 0 Å². The summed E-state index contributed by atoms with van der Waals surface area (Å²) in [4.78, 5) is 12.1. The van der Waals surface area contributed by atoms with E-state index in [1.165, 1.54) is 13.2 Å². The van der Waals surface area contributed by atoms with Gasteiger partial charge in [0.25, 0.3) is 0 Å². The second kappa shape index (κ2) is 4.51. The minimum absolute atomic E-state index is 0.0949. The Morgan fingerprint density at radius 2 is 2.11 bits per heavy atom. The van der Waals surface area contributed by atoms with Gasteiger partial charge in [-0.3, -0.25) is 4.79 Å². The van der Waals surface area contributed by atoms with Crippen molar-refractivity contribution in [2.75, 3.05) is 18.6 Å². The van der Waals surface area contributed by atoms with Gasteiger partial charge >= 0.3 is 12.1 Å². The predicted octanol–water partition coefficient (Wildman–Crippen LogP) is 2.54. The van der Waals surface area contributed by atoms with Gasteiger partial charge in [-0.25, -0.2) is 0 Å². The fraction of sp³-hybridized carbons (Fsp3) is 0.417. The van der Waals surface area contributed by atoms with E-state index in [1.807, 2.05) is 0 Å². The van der Waals surface area contributed by atoms with E-state index in [0.717, 1.165) is 4.90 Å². The van der Waals surface area contributed by atoms with Crippen LogP contribution in [0.3, 0.4) is 0 Å². The molecule has 1 aromatic rings. The standard InChI is InChI=1S/C12H12F3NO2/c1-18-9-4-5-10-8(7-9)3-2-6-16(10)11(17)12(13,14)15/h4-5,7H,2-3,6H2,1H3. The van der Waals surface area contributed by atoms with E-state index in [4.69, 9.17) is 4.74 Å². The molecule has 1 amide bonds. The highest BCUT2D eigenvalue weighted by atomic mass is 19.4. The molecule has 0 spiro atoms. The molecule has 0 aliphatic carbocycles. The number of amides is 1. The van der Waals surface area contributed by atoms with Crippen LogP contribution in [0.5, 0.6) is 5.75 Å². The molecule has 0 saturated heterocycles. The Kier molecular flexibility index (Phi) is 3.19. The average Bonchev–Trinajstić information content (AvgIpc) is 2.35. The van der Waals surface area contributed by atoms with Gasteiger partial charge in [-0.2, -0.15) is 13.2 Å². The summed E-state index contributed by atoms with van der Waals surface area (Å²) in [7, 11) is 1.49. The molecule has 2 rings (SSSR count). The second-order valence-electron chi connectivity index (χ2n) is 4.05. The zero-order valence-corrected chi connectivity index (χ0v) is 9.75. The topological polar surface area (TPSA) is 29.5 Å². The molecule has 0 atom stereocenters. The van der Waals surface area contributed by atoms with Crippen molar-refractivity contribution in [2.45, 2.75) is 19.0 Å². The van der Waals surface area contributed by atoms with Crippen LogP contribution in [0, 0.1) is 0 Å². The van der Waals surface area contributed by atoms with Crippen molar-refractivity contribution >= 4 is 11.6 Å². The first kappa shape index (κ1) is 12.7. The molecule has 1 aromatic carbocycles. The van der Waals surface area contributed by atoms with Crippen molar-refractivity contribution in [3.8, 4) is 5.75 Å². The minimum atomic E-state index is -4.84. The fourth-order valence-corrected chi connectivity index (χ4v) is 2.06. The number of aryl methyl sites for hydroxylation is 1. The number of methoxy groups -OCH3 is 1. The Morgan fingerprint density at radius 3 is 2.72 bits per heavy atom. The largest absolute Gasteiger partial charge is 0.497 e. The average molecular weight is 259 g/mol. The Balaban J connectivity index is 2.37. The normalized spacial score (nSPS) is 15.2. The summed E-state index contributed by atoms with van der Waals surface area (Å²) in [6.07, 6.45) is -3.68. The van der Waals surface area contributed by atoms with Gasteiger partial charge in [0.1, 0.15) is 5.75 Å². The maximum Gasteiger partial charge on any atom is 0.471 e. The van der Waals surface area contributed by atoms with Crippen LogP contribution in [-0.4, -0.2) is 25.7 Å². The molecule has 0 saturated carbocycles. The molecule has 1 heterocycles. The number of alkyl halides is 3. The van der Waals surface area contributed by atoms with E-state index in [9.17, 15) is 18.0 Å². The van der Waals surface area contributed by atoms with Gasteiger partial charge in [0.15, 0.2) is 0 Å². The lowest BCUT2D eigenvalue weighted by molar-refractivity contribution is -0.170. The Labute approximate surface area is 102 Å². The van der Waals surface area contributed by atoms with E-state index in [2.05, 4.69) is 0 Å². The quantitative estimate of drug-likeness (QED) is 0.775. The van der Waals surface area contributed by atoms with Gasteiger partial charge in [0, 0.05) is 12.2 Å². The smallest absolute Gasteiger partial charge is 0.471 e. The summed E-state index contributed by atoms with van der Waals surface area (Å²) in [5.41, 5.74) is 1.03. The first-order chi connectivity index (χ1) is 8.43. The lowest BCUT2D eigenvalue weighted by atomic mass is 10.0. The van der Waals surface area contributed by atoms with E-state index in [0.29, 0.717) is 29.8 Å². The molecule has 0 bridgehead atoms. The van der Waals surface area contributed by atoms with Gasteiger partial charge in [-0.1, -0.05) is 0 Å². The molecule has 0 aromatic heterocycles. The number of carbonyl (C=O) groups is 1. The summed E-state index contributed by atoms with van der Waals surface area (Å²) >= 11 is 0. The SMILES string of the molecule is COc1ccc2c(c1)CCCN2C(=O)C(F)(F)F. The molecule has 18 heavy (non-hydrogen) atoms. The van der Waals surface area contributed by atoms with Gasteiger partial charge in [-0.05, 0) is 36.6 Å². The van der Waals surface area contributed by atoms with Crippen molar-refractivity contribution in [3.05, 3.63) is 23.8 Å². The molecule has 1 aliphatic heterocycles. The van der Waals surface area contributed by atoms with Crippen molar-refractivity contribution in [1.82, 2.24) is 0 Å². The van der Waals surface area contributed by atoms with Gasteiger partial charge in [0.2, 0.25) is 0 Å². The fourth-order valence-electron chi connectivity index (χ4n) is 2.06. The highest BCUT2D eigenvalue weighted by Crippen LogP contribution is 2.33. The summed E-state index contributed by atoms with van der Waals surface area (Å²) < 4.78 is 42.4. The number of anilines is 1. The van der Waals surface area contributed by atoms with Crippen molar-refractivity contribution in [2.24, 2.45) is 0 Å². The Hall–Kier alpha value is -1.72. The number of rotatable bonds is 1. The number of carbonyl (C=O) groups excluding carboxylic acids is 1. The predicted molar refractivity (Wildman–Crippen MR) is 59.7 cm³/mol. The van der Waals surface area contributed by atoms with Crippen LogP contribution in [0.15, 0.2) is 18.2 Å². The molecule has 3 nitrogen and oxygen atoms in total. The first-order valence-corrected chi connectivity index (χ1v) is 5.49. The number of halogens is 3. The number of benzene rings is 1. The Morgan fingerprint density at radius 1 is 1.39 bits per heavy atom. The summed E-state index contributed by atoms with van der Waals surface area (Å²) in [6, 6.07) is 4.73. The number of hydrogen-bond donors (Lipinski definition) is 0. The number of fused-ring (bicyclic) bond motifs is 1. The third-order valence-electron chi connectivity index (χ3n) is 2.89. The molecule has 98 valence electrons. The molecule has 0 unspecified atom stereocenters. The van der Waals surface area contributed by atoms with Crippen LogP contribution in [-0.2, 0) is 11.2 Å². The Bertz CT molecular complexity index is 471. The summed E-state index contributed by atoms with van der Waals surface area (Å²) in [6.45, 7) is 0.0949. The maximum atomic E-state index is 12.5. The van der Waals surface area contributed by atoms with E-state index in [1.54, 1.807) is 12.1 Å². The monoisotopic (exact) mass is 259 g/mol. The molecule has 1 aliphatic rings. The first-order valence-electron chi connectivity index (χ1n) is 5.49. The van der Waals surface area contributed by atoms with Crippen LogP contribution < -0.4 is 9.64 Å². The number of ether oxygens (including phenoxy) is 1. The van der Waals surface area contributed by atoms with E-state index in [-0.39, 0.29) is 6.54 Å². The summed E-state index contributed by atoms with van der Waals surface area (Å²) in [5, 5.41) is 0. The second-order valence-corrected chi connectivity index (χ2v) is 4.05. The van der Waals surface area contributed by atoms with Crippen LogP contribution in [0.2, 0.25) is 0 Å². The number of nitrogens with zero attached hydrogens (tertiary/aromatic N) is 1. The van der Waals surface area contributed by atoms with E-state index >= 15 is 0 Å². The van der Waals surface area contributed by atoms with Crippen LogP contribution in [0.1, 0.15) is 12.0 Å². The zero-order chi connectivity index (χ0) is 13.3. The third-order valence-corrected chi connectivity index (χ3v) is 2.89. The maximum absolute atomic E-state index is 12.5. The summed E-state index contributed by atoms with van der Waals surface area (Å²) in [5.74, 6) is -1.23. The van der Waals surface area contributed by atoms with Gasteiger partial charge < -0.3 is 9.64 Å². The van der Waals surface area contributed by atoms with Crippen LogP contribution in [0.25, 0.3) is 0 Å². The minimum Gasteiger partial charge on any atom is -0.497 e. The van der Waals surface area contributed by atoms with E-state index < -0.39 is 12.1 Å². The molecule has 0 radical (unpaired) electrons. The highest BCUT2D eigenvalue weighted by molar-refractivity contribution is 5.98.